The third-order valence-corrected chi connectivity index (χ3v) is 5.76. The topological polar surface area (TPSA) is 49.9 Å². The molecule has 0 spiro atoms. The lowest BCUT2D eigenvalue weighted by atomic mass is 10.1. The van der Waals surface area contributed by atoms with Gasteiger partial charge in [0.1, 0.15) is 11.6 Å². The fourth-order valence-corrected chi connectivity index (χ4v) is 4.04. The maximum Gasteiger partial charge on any atom is 0.253 e. The Bertz CT molecular complexity index is 903. The van der Waals surface area contributed by atoms with Crippen LogP contribution in [0, 0.1) is 11.7 Å². The zero-order valence-electron chi connectivity index (χ0n) is 17.4. The van der Waals surface area contributed by atoms with Crippen LogP contribution in [0.25, 0.3) is 0 Å². The van der Waals surface area contributed by atoms with Crippen molar-refractivity contribution in [3.05, 3.63) is 65.5 Å². The summed E-state index contributed by atoms with van der Waals surface area (Å²) in [7, 11) is 0. The summed E-state index contributed by atoms with van der Waals surface area (Å²) in [6.45, 7) is 6.08. The number of nitrogens with zero attached hydrogens (tertiary/aromatic N) is 2. The number of benzene rings is 2. The van der Waals surface area contributed by atoms with Gasteiger partial charge in [-0.05, 0) is 68.1 Å². The summed E-state index contributed by atoms with van der Waals surface area (Å²) >= 11 is 0. The van der Waals surface area contributed by atoms with E-state index >= 15 is 0 Å². The van der Waals surface area contributed by atoms with Crippen molar-refractivity contribution < 1.29 is 18.7 Å². The van der Waals surface area contributed by atoms with E-state index in [0.29, 0.717) is 31.7 Å². The molecule has 2 unspecified atom stereocenters. The van der Waals surface area contributed by atoms with Crippen LogP contribution in [0.4, 0.5) is 4.39 Å². The molecule has 0 radical (unpaired) electrons. The molecule has 1 heterocycles. The molecule has 2 aromatic carbocycles. The Balaban J connectivity index is 1.29. The van der Waals surface area contributed by atoms with Gasteiger partial charge in [0.2, 0.25) is 5.91 Å². The quantitative estimate of drug-likeness (QED) is 0.755. The van der Waals surface area contributed by atoms with Crippen LogP contribution in [-0.4, -0.2) is 53.9 Å². The molecule has 4 rings (SSSR count). The molecule has 1 saturated carbocycles. The summed E-state index contributed by atoms with van der Waals surface area (Å²) in [6.07, 6.45) is 0.903. The first-order valence-electron chi connectivity index (χ1n) is 10.5. The molecule has 2 aromatic rings. The molecular weight excluding hydrogens is 383 g/mol. The lowest BCUT2D eigenvalue weighted by molar-refractivity contribution is -0.134. The van der Waals surface area contributed by atoms with Crippen LogP contribution in [0.2, 0.25) is 0 Å². The zero-order chi connectivity index (χ0) is 21.3. The number of piperazine rings is 1. The smallest absolute Gasteiger partial charge is 0.253 e. The van der Waals surface area contributed by atoms with E-state index < -0.39 is 0 Å². The first kappa shape index (κ1) is 20.4. The fraction of sp³-hybridized carbons (Fsp3) is 0.417. The van der Waals surface area contributed by atoms with Gasteiger partial charge in [-0.3, -0.25) is 9.59 Å². The van der Waals surface area contributed by atoms with E-state index in [0.717, 1.165) is 17.7 Å². The van der Waals surface area contributed by atoms with Crippen LogP contribution in [0.5, 0.6) is 5.75 Å². The normalized spacial score (nSPS) is 20.9. The number of ether oxygens (including phenoxy) is 1. The summed E-state index contributed by atoms with van der Waals surface area (Å²) in [5.74, 6) is 0.776. The van der Waals surface area contributed by atoms with Gasteiger partial charge < -0.3 is 14.5 Å². The van der Waals surface area contributed by atoms with Crippen molar-refractivity contribution in [3.63, 3.8) is 0 Å². The van der Waals surface area contributed by atoms with Crippen LogP contribution in [0.1, 0.15) is 42.1 Å². The molecule has 0 bridgehead atoms. The standard InChI is InChI=1S/C24H27FN2O3/c1-16(2)30-20-9-5-18(6-10-20)23(28)26-11-13-27(14-12-26)24(29)22-15-21(22)17-3-7-19(25)8-4-17/h3-10,16,21-22H,11-15H2,1-2H3. The first-order valence-corrected chi connectivity index (χ1v) is 10.5. The Kier molecular flexibility index (Phi) is 5.75. The lowest BCUT2D eigenvalue weighted by Gasteiger charge is -2.35. The highest BCUT2D eigenvalue weighted by atomic mass is 19.1. The first-order chi connectivity index (χ1) is 14.4. The molecule has 2 atom stereocenters. The molecule has 1 aliphatic heterocycles. The predicted octanol–water partition coefficient (Wildman–Crippen LogP) is 3.70. The molecule has 1 aliphatic carbocycles. The Morgan fingerprint density at radius 2 is 1.53 bits per heavy atom. The van der Waals surface area contributed by atoms with Gasteiger partial charge in [-0.15, -0.1) is 0 Å². The SMILES string of the molecule is CC(C)Oc1ccc(C(=O)N2CCN(C(=O)C3CC3c3ccc(F)cc3)CC2)cc1. The highest BCUT2D eigenvalue weighted by Gasteiger charge is 2.46. The van der Waals surface area contributed by atoms with E-state index in [1.165, 1.54) is 12.1 Å². The maximum absolute atomic E-state index is 13.1. The van der Waals surface area contributed by atoms with E-state index in [2.05, 4.69) is 0 Å². The van der Waals surface area contributed by atoms with E-state index in [4.69, 9.17) is 4.74 Å². The molecule has 30 heavy (non-hydrogen) atoms. The number of carbonyl (C=O) groups is 2. The van der Waals surface area contributed by atoms with Gasteiger partial charge >= 0.3 is 0 Å². The lowest BCUT2D eigenvalue weighted by Crippen LogP contribution is -2.51. The van der Waals surface area contributed by atoms with Crippen LogP contribution >= 0.6 is 0 Å². The monoisotopic (exact) mass is 410 g/mol. The van der Waals surface area contributed by atoms with E-state index in [1.807, 2.05) is 30.9 Å². The molecule has 1 saturated heterocycles. The average molecular weight is 410 g/mol. The van der Waals surface area contributed by atoms with E-state index in [-0.39, 0.29) is 35.6 Å². The van der Waals surface area contributed by atoms with Crippen molar-refractivity contribution in [2.24, 2.45) is 5.92 Å². The zero-order valence-corrected chi connectivity index (χ0v) is 17.4. The second-order valence-corrected chi connectivity index (χ2v) is 8.31. The Hall–Kier alpha value is -2.89. The number of hydrogen-bond donors (Lipinski definition) is 0. The molecule has 2 amide bonds. The van der Waals surface area contributed by atoms with Crippen LogP contribution in [0.3, 0.4) is 0 Å². The van der Waals surface area contributed by atoms with E-state index in [1.54, 1.807) is 29.2 Å². The summed E-state index contributed by atoms with van der Waals surface area (Å²) < 4.78 is 18.7. The van der Waals surface area contributed by atoms with Crippen molar-refractivity contribution in [2.75, 3.05) is 26.2 Å². The van der Waals surface area contributed by atoms with Crippen molar-refractivity contribution in [2.45, 2.75) is 32.3 Å². The van der Waals surface area contributed by atoms with Gasteiger partial charge in [0.15, 0.2) is 0 Å². The van der Waals surface area contributed by atoms with Gasteiger partial charge in [-0.2, -0.15) is 0 Å². The summed E-state index contributed by atoms with van der Waals surface area (Å²) in [5.41, 5.74) is 1.65. The van der Waals surface area contributed by atoms with Gasteiger partial charge in [-0.1, -0.05) is 12.1 Å². The van der Waals surface area contributed by atoms with Gasteiger partial charge in [-0.25, -0.2) is 4.39 Å². The molecule has 0 N–H and O–H groups in total. The Morgan fingerprint density at radius 3 is 2.13 bits per heavy atom. The minimum atomic E-state index is -0.259. The molecular formula is C24H27FN2O3. The number of halogens is 1. The number of hydrogen-bond acceptors (Lipinski definition) is 3. The van der Waals surface area contributed by atoms with Gasteiger partial charge in [0, 0.05) is 37.7 Å². The van der Waals surface area contributed by atoms with Crippen molar-refractivity contribution in [1.82, 2.24) is 9.80 Å². The summed E-state index contributed by atoms with van der Waals surface area (Å²) in [4.78, 5) is 29.2. The van der Waals surface area contributed by atoms with Crippen molar-refractivity contribution in [1.29, 1.82) is 0 Å². The molecule has 5 nitrogen and oxygen atoms in total. The Labute approximate surface area is 176 Å². The number of rotatable bonds is 5. The van der Waals surface area contributed by atoms with Crippen LogP contribution in [-0.2, 0) is 4.79 Å². The van der Waals surface area contributed by atoms with E-state index in [9.17, 15) is 14.0 Å². The summed E-state index contributed by atoms with van der Waals surface area (Å²) in [5, 5.41) is 0. The summed E-state index contributed by atoms with van der Waals surface area (Å²) in [6, 6.07) is 13.6. The Morgan fingerprint density at radius 1 is 0.933 bits per heavy atom. The van der Waals surface area contributed by atoms with Crippen molar-refractivity contribution in [3.8, 4) is 5.75 Å². The maximum atomic E-state index is 13.1. The number of amides is 2. The third-order valence-electron chi connectivity index (χ3n) is 5.76. The second kappa shape index (κ2) is 8.46. The minimum absolute atomic E-state index is 0.0196. The van der Waals surface area contributed by atoms with Gasteiger partial charge in [0.25, 0.3) is 5.91 Å². The van der Waals surface area contributed by atoms with Crippen LogP contribution < -0.4 is 4.74 Å². The molecule has 0 aromatic heterocycles. The molecule has 6 heteroatoms. The minimum Gasteiger partial charge on any atom is -0.491 e. The fourth-order valence-electron chi connectivity index (χ4n) is 4.04. The highest BCUT2D eigenvalue weighted by molar-refractivity contribution is 5.94. The highest BCUT2D eigenvalue weighted by Crippen LogP contribution is 2.48. The number of carbonyl (C=O) groups excluding carboxylic acids is 2. The molecule has 2 aliphatic rings. The average Bonchev–Trinajstić information content (AvgIpc) is 3.54. The third kappa shape index (κ3) is 4.48. The largest absolute Gasteiger partial charge is 0.491 e. The second-order valence-electron chi connectivity index (χ2n) is 8.31. The molecule has 158 valence electrons. The van der Waals surface area contributed by atoms with Crippen molar-refractivity contribution >= 4 is 11.8 Å². The molecule has 2 fully saturated rings. The van der Waals surface area contributed by atoms with Crippen LogP contribution in [0.15, 0.2) is 48.5 Å². The van der Waals surface area contributed by atoms with Gasteiger partial charge in [0.05, 0.1) is 6.10 Å². The predicted molar refractivity (Wildman–Crippen MR) is 112 cm³/mol.